The highest BCUT2D eigenvalue weighted by Gasteiger charge is 2.21. The van der Waals surface area contributed by atoms with Crippen LogP contribution in [0, 0.1) is 0 Å². The highest BCUT2D eigenvalue weighted by atomic mass is 35.5. The molecule has 0 aliphatic carbocycles. The van der Waals surface area contributed by atoms with E-state index < -0.39 is 0 Å². The van der Waals surface area contributed by atoms with Gasteiger partial charge in [-0.05, 0) is 36.8 Å². The lowest BCUT2D eigenvalue weighted by Gasteiger charge is -2.19. The van der Waals surface area contributed by atoms with Gasteiger partial charge in [0.15, 0.2) is 5.15 Å². The molecule has 7 nitrogen and oxygen atoms in total. The Labute approximate surface area is 167 Å². The van der Waals surface area contributed by atoms with Gasteiger partial charge in [0.2, 0.25) is 5.91 Å². The lowest BCUT2D eigenvalue weighted by molar-refractivity contribution is -0.131. The largest absolute Gasteiger partial charge is 0.497 e. The van der Waals surface area contributed by atoms with Crippen LogP contribution >= 0.6 is 11.6 Å². The van der Waals surface area contributed by atoms with Gasteiger partial charge < -0.3 is 14.2 Å². The van der Waals surface area contributed by atoms with Crippen molar-refractivity contribution < 1.29 is 14.1 Å². The van der Waals surface area contributed by atoms with Crippen molar-refractivity contribution in [3.05, 3.63) is 53.0 Å². The average molecular weight is 401 g/mol. The molecule has 0 bridgehead atoms. The Morgan fingerprint density at radius 1 is 1.25 bits per heavy atom. The minimum Gasteiger partial charge on any atom is -0.497 e. The molecule has 0 saturated carbocycles. The molecule has 0 unspecified atom stereocenters. The number of fused-ring (bicyclic) bond motifs is 1. The molecule has 1 amide bonds. The van der Waals surface area contributed by atoms with Crippen LogP contribution in [0.15, 0.2) is 40.9 Å². The number of halogens is 1. The molecule has 0 fully saturated rings. The molecule has 0 N–H and O–H groups in total. The van der Waals surface area contributed by atoms with Crippen LogP contribution in [0.1, 0.15) is 24.3 Å². The van der Waals surface area contributed by atoms with Crippen LogP contribution in [0.2, 0.25) is 5.15 Å². The first kappa shape index (κ1) is 18.6. The molecular weight excluding hydrogens is 380 g/mol. The third-order valence-corrected chi connectivity index (χ3v) is 5.05. The number of nitrogens with zero attached hydrogens (tertiary/aromatic N) is 4. The van der Waals surface area contributed by atoms with E-state index in [2.05, 4.69) is 11.2 Å². The number of aryl methyl sites for hydroxylation is 2. The van der Waals surface area contributed by atoms with Crippen molar-refractivity contribution in [1.82, 2.24) is 19.8 Å². The molecule has 146 valence electrons. The highest BCUT2D eigenvalue weighted by Crippen LogP contribution is 2.24. The van der Waals surface area contributed by atoms with Gasteiger partial charge >= 0.3 is 0 Å². The summed E-state index contributed by atoms with van der Waals surface area (Å²) in [4.78, 5) is 14.6. The first-order valence-corrected chi connectivity index (χ1v) is 9.60. The van der Waals surface area contributed by atoms with Gasteiger partial charge in [-0.25, -0.2) is 0 Å². The van der Waals surface area contributed by atoms with Gasteiger partial charge in [0.1, 0.15) is 11.5 Å². The van der Waals surface area contributed by atoms with Crippen molar-refractivity contribution in [3.63, 3.8) is 0 Å². The van der Waals surface area contributed by atoms with Gasteiger partial charge in [-0.3, -0.25) is 9.48 Å². The quantitative estimate of drug-likeness (QED) is 0.654. The number of hydrogen-bond acceptors (Lipinski definition) is 5. The number of hydrogen-bond donors (Lipinski definition) is 0. The summed E-state index contributed by atoms with van der Waals surface area (Å²) in [6.07, 6.45) is 1.73. The van der Waals surface area contributed by atoms with Crippen LogP contribution in [-0.4, -0.2) is 39.4 Å². The van der Waals surface area contributed by atoms with Crippen LogP contribution in [0.4, 0.5) is 0 Å². The van der Waals surface area contributed by atoms with Gasteiger partial charge in [0.25, 0.3) is 0 Å². The van der Waals surface area contributed by atoms with Crippen LogP contribution in [-0.2, 0) is 24.3 Å². The third kappa shape index (κ3) is 4.04. The SMILES string of the molecule is COc1ccc(-c2cc3n(n2)CCCN(C(=O)CCc2cc(Cl)no2)C3)cc1. The molecular formula is C20H21ClN4O3. The maximum Gasteiger partial charge on any atom is 0.223 e. The zero-order valence-corrected chi connectivity index (χ0v) is 16.4. The van der Waals surface area contributed by atoms with Crippen LogP contribution in [0.5, 0.6) is 5.75 Å². The normalized spacial score (nSPS) is 13.9. The van der Waals surface area contributed by atoms with Crippen molar-refractivity contribution in [2.45, 2.75) is 32.4 Å². The summed E-state index contributed by atoms with van der Waals surface area (Å²) in [5.74, 6) is 1.53. The van der Waals surface area contributed by atoms with E-state index in [1.165, 1.54) is 0 Å². The summed E-state index contributed by atoms with van der Waals surface area (Å²) < 4.78 is 12.3. The van der Waals surface area contributed by atoms with Gasteiger partial charge in [0, 0.05) is 37.6 Å². The Balaban J connectivity index is 1.45. The molecule has 3 aromatic rings. The highest BCUT2D eigenvalue weighted by molar-refractivity contribution is 6.29. The molecule has 1 aliphatic rings. The maximum atomic E-state index is 12.7. The van der Waals surface area contributed by atoms with E-state index in [0.717, 1.165) is 42.2 Å². The minimum absolute atomic E-state index is 0.0909. The topological polar surface area (TPSA) is 73.4 Å². The standard InChI is InChI=1S/C20H21ClN4O3/c1-27-16-5-3-14(4-6-16)18-11-15-13-24(9-2-10-25(15)22-18)20(26)8-7-17-12-19(21)23-28-17/h3-6,11-12H,2,7-10,13H2,1H3. The monoisotopic (exact) mass is 400 g/mol. The van der Waals surface area contributed by atoms with Crippen molar-refractivity contribution in [2.75, 3.05) is 13.7 Å². The molecule has 1 aromatic carbocycles. The number of rotatable bonds is 5. The van der Waals surface area contributed by atoms with Crippen LogP contribution in [0.3, 0.4) is 0 Å². The summed E-state index contributed by atoms with van der Waals surface area (Å²) in [6, 6.07) is 11.5. The first-order valence-electron chi connectivity index (χ1n) is 9.22. The Bertz CT molecular complexity index is 964. The molecule has 8 heteroatoms. The van der Waals surface area contributed by atoms with E-state index in [9.17, 15) is 4.79 Å². The third-order valence-electron chi connectivity index (χ3n) is 4.87. The van der Waals surface area contributed by atoms with E-state index in [1.807, 2.05) is 33.8 Å². The number of carbonyl (C=O) groups excluding carboxylic acids is 1. The van der Waals surface area contributed by atoms with Crippen LogP contribution in [0.25, 0.3) is 11.3 Å². The van der Waals surface area contributed by atoms with E-state index >= 15 is 0 Å². The summed E-state index contributed by atoms with van der Waals surface area (Å²) in [7, 11) is 1.65. The fourth-order valence-corrected chi connectivity index (χ4v) is 3.53. The molecule has 0 spiro atoms. The second-order valence-corrected chi connectivity index (χ2v) is 7.14. The Kier molecular flexibility index (Phi) is 5.34. The summed E-state index contributed by atoms with van der Waals surface area (Å²) in [5, 5.41) is 8.68. The smallest absolute Gasteiger partial charge is 0.223 e. The van der Waals surface area contributed by atoms with Gasteiger partial charge in [-0.15, -0.1) is 0 Å². The number of carbonyl (C=O) groups is 1. The second kappa shape index (κ2) is 8.06. The molecule has 28 heavy (non-hydrogen) atoms. The zero-order valence-electron chi connectivity index (χ0n) is 15.6. The van der Waals surface area contributed by atoms with Gasteiger partial charge in [-0.2, -0.15) is 5.10 Å². The van der Waals surface area contributed by atoms with Crippen molar-refractivity contribution in [3.8, 4) is 17.0 Å². The first-order chi connectivity index (χ1) is 13.6. The molecule has 0 saturated heterocycles. The molecule has 4 rings (SSSR count). The number of benzene rings is 1. The number of ether oxygens (including phenoxy) is 1. The van der Waals surface area contributed by atoms with E-state index in [-0.39, 0.29) is 5.91 Å². The molecule has 0 atom stereocenters. The summed E-state index contributed by atoms with van der Waals surface area (Å²) >= 11 is 5.76. The molecule has 1 aliphatic heterocycles. The lowest BCUT2D eigenvalue weighted by atomic mass is 10.1. The molecule has 2 aromatic heterocycles. The number of aromatic nitrogens is 3. The summed E-state index contributed by atoms with van der Waals surface area (Å²) in [6.45, 7) is 2.07. The van der Waals surface area contributed by atoms with E-state index in [4.69, 9.17) is 26.0 Å². The number of methoxy groups -OCH3 is 1. The van der Waals surface area contributed by atoms with E-state index in [1.54, 1.807) is 13.2 Å². The summed E-state index contributed by atoms with van der Waals surface area (Å²) in [5.41, 5.74) is 2.98. The average Bonchev–Trinajstić information content (AvgIpc) is 3.26. The van der Waals surface area contributed by atoms with Crippen LogP contribution < -0.4 is 4.74 Å². The second-order valence-electron chi connectivity index (χ2n) is 6.76. The Morgan fingerprint density at radius 3 is 2.79 bits per heavy atom. The molecule has 3 heterocycles. The predicted molar refractivity (Wildman–Crippen MR) is 104 cm³/mol. The van der Waals surface area contributed by atoms with Crippen molar-refractivity contribution in [1.29, 1.82) is 0 Å². The maximum absolute atomic E-state index is 12.7. The number of amides is 1. The van der Waals surface area contributed by atoms with Crippen molar-refractivity contribution >= 4 is 17.5 Å². The minimum atomic E-state index is 0.0909. The Hall–Kier alpha value is -2.80. The predicted octanol–water partition coefficient (Wildman–Crippen LogP) is 3.57. The fourth-order valence-electron chi connectivity index (χ4n) is 3.37. The molecule has 0 radical (unpaired) electrons. The van der Waals surface area contributed by atoms with E-state index in [0.29, 0.717) is 30.3 Å². The van der Waals surface area contributed by atoms with Crippen molar-refractivity contribution in [2.24, 2.45) is 0 Å². The Morgan fingerprint density at radius 2 is 2.07 bits per heavy atom. The zero-order chi connectivity index (χ0) is 19.5. The van der Waals surface area contributed by atoms with Gasteiger partial charge in [0.05, 0.1) is 25.0 Å². The lowest BCUT2D eigenvalue weighted by Crippen LogP contribution is -2.30. The fraction of sp³-hybridized carbons (Fsp3) is 0.350. The van der Waals surface area contributed by atoms with Gasteiger partial charge in [-0.1, -0.05) is 16.8 Å².